The average Bonchev–Trinajstić information content (AvgIpc) is 2.95. The van der Waals surface area contributed by atoms with Gasteiger partial charge in [-0.25, -0.2) is 0 Å². The average molecular weight is 269 g/mol. The van der Waals surface area contributed by atoms with Crippen molar-refractivity contribution in [2.75, 3.05) is 20.1 Å². The summed E-state index contributed by atoms with van der Waals surface area (Å²) in [4.78, 5) is 27.2. The molecule has 102 valence electrons. The summed E-state index contributed by atoms with van der Waals surface area (Å²) in [5.41, 5.74) is 1.67. The monoisotopic (exact) mass is 269 g/mol. The van der Waals surface area contributed by atoms with E-state index < -0.39 is 0 Å². The van der Waals surface area contributed by atoms with Gasteiger partial charge in [0.1, 0.15) is 0 Å². The van der Waals surface area contributed by atoms with Crippen molar-refractivity contribution in [3.05, 3.63) is 35.4 Å². The molecule has 1 aromatic rings. The van der Waals surface area contributed by atoms with Gasteiger partial charge in [-0.1, -0.05) is 12.1 Å². The van der Waals surface area contributed by atoms with Crippen LogP contribution in [0.4, 0.5) is 0 Å². The van der Waals surface area contributed by atoms with Gasteiger partial charge in [0.05, 0.1) is 23.5 Å². The van der Waals surface area contributed by atoms with Crippen molar-refractivity contribution < 1.29 is 9.59 Å². The van der Waals surface area contributed by atoms with Crippen molar-refractivity contribution in [3.63, 3.8) is 0 Å². The molecule has 0 saturated carbocycles. The molecular formula is C15H15N3O2. The van der Waals surface area contributed by atoms with Gasteiger partial charge in [0.15, 0.2) is 0 Å². The summed E-state index contributed by atoms with van der Waals surface area (Å²) in [6.07, 6.45) is 0. The highest BCUT2D eigenvalue weighted by atomic mass is 16.2. The first kappa shape index (κ1) is 12.8. The number of benzene rings is 1. The Hall–Kier alpha value is -2.19. The molecule has 5 nitrogen and oxygen atoms in total. The number of nitriles is 1. The Morgan fingerprint density at radius 1 is 1.25 bits per heavy atom. The second-order valence-electron chi connectivity index (χ2n) is 5.45. The fraction of sp³-hybridized carbons (Fsp3) is 0.400. The third-order valence-electron chi connectivity index (χ3n) is 4.15. The number of amides is 2. The molecule has 2 heterocycles. The normalized spacial score (nSPS) is 25.9. The van der Waals surface area contributed by atoms with Gasteiger partial charge in [0, 0.05) is 26.7 Å². The molecule has 0 bridgehead atoms. The van der Waals surface area contributed by atoms with Crippen LogP contribution in [0.5, 0.6) is 0 Å². The van der Waals surface area contributed by atoms with E-state index in [1.165, 1.54) is 4.90 Å². The summed E-state index contributed by atoms with van der Waals surface area (Å²) in [7, 11) is 1.56. The lowest BCUT2D eigenvalue weighted by molar-refractivity contribution is -0.138. The Balaban J connectivity index is 1.72. The van der Waals surface area contributed by atoms with Gasteiger partial charge in [-0.2, -0.15) is 5.26 Å². The second-order valence-corrected chi connectivity index (χ2v) is 5.45. The van der Waals surface area contributed by atoms with E-state index in [1.807, 2.05) is 18.2 Å². The van der Waals surface area contributed by atoms with Crippen LogP contribution in [0.25, 0.3) is 0 Å². The van der Waals surface area contributed by atoms with E-state index in [4.69, 9.17) is 5.26 Å². The molecule has 3 rings (SSSR count). The maximum atomic E-state index is 11.9. The van der Waals surface area contributed by atoms with E-state index in [0.29, 0.717) is 25.2 Å². The lowest BCUT2D eigenvalue weighted by Gasteiger charge is -2.18. The lowest BCUT2D eigenvalue weighted by atomic mass is 10.00. The predicted molar refractivity (Wildman–Crippen MR) is 71.2 cm³/mol. The number of hydrogen-bond acceptors (Lipinski definition) is 4. The molecule has 2 aliphatic heterocycles. The van der Waals surface area contributed by atoms with Crippen LogP contribution in [-0.2, 0) is 16.1 Å². The Bertz CT molecular complexity index is 596. The van der Waals surface area contributed by atoms with Gasteiger partial charge >= 0.3 is 0 Å². The highest BCUT2D eigenvalue weighted by Crippen LogP contribution is 2.33. The first-order chi connectivity index (χ1) is 9.60. The number of carbonyl (C=O) groups excluding carboxylic acids is 2. The quantitative estimate of drug-likeness (QED) is 0.738. The van der Waals surface area contributed by atoms with Crippen LogP contribution in [0.2, 0.25) is 0 Å². The van der Waals surface area contributed by atoms with Gasteiger partial charge in [-0.3, -0.25) is 19.4 Å². The fourth-order valence-corrected chi connectivity index (χ4v) is 3.12. The topological polar surface area (TPSA) is 64.4 Å². The smallest absolute Gasteiger partial charge is 0.234 e. The molecule has 20 heavy (non-hydrogen) atoms. The van der Waals surface area contributed by atoms with Crippen molar-refractivity contribution in [3.8, 4) is 6.07 Å². The van der Waals surface area contributed by atoms with Crippen molar-refractivity contribution >= 4 is 11.8 Å². The van der Waals surface area contributed by atoms with Crippen LogP contribution < -0.4 is 0 Å². The van der Waals surface area contributed by atoms with Gasteiger partial charge in [-0.15, -0.1) is 0 Å². The van der Waals surface area contributed by atoms with Crippen LogP contribution in [0.3, 0.4) is 0 Å². The number of rotatable bonds is 2. The second kappa shape index (κ2) is 4.73. The van der Waals surface area contributed by atoms with E-state index in [0.717, 1.165) is 5.56 Å². The predicted octanol–water partition coefficient (Wildman–Crippen LogP) is 0.605. The number of likely N-dealkylation sites (tertiary alicyclic amines) is 2. The van der Waals surface area contributed by atoms with Crippen LogP contribution in [0, 0.1) is 23.2 Å². The Morgan fingerprint density at radius 3 is 2.50 bits per heavy atom. The standard InChI is InChI=1S/C15H15N3O2/c1-17-14(19)12-8-18(9-13(12)15(17)20)7-11-4-2-3-10(5-11)6-16/h2-5,12-13H,7-9H2,1H3/t12-,13+. The molecule has 0 N–H and O–H groups in total. The molecule has 5 heteroatoms. The largest absolute Gasteiger partial charge is 0.297 e. The van der Waals surface area contributed by atoms with E-state index in [1.54, 1.807) is 13.1 Å². The highest BCUT2D eigenvalue weighted by molar-refractivity contribution is 6.05. The summed E-state index contributed by atoms with van der Waals surface area (Å²) in [5, 5.41) is 8.89. The minimum atomic E-state index is -0.188. The number of nitrogens with zero attached hydrogens (tertiary/aromatic N) is 3. The molecule has 2 aliphatic rings. The Morgan fingerprint density at radius 2 is 1.90 bits per heavy atom. The summed E-state index contributed by atoms with van der Waals surface area (Å²) in [6, 6.07) is 9.56. The van der Waals surface area contributed by atoms with Crippen LogP contribution in [0.15, 0.2) is 24.3 Å². The Labute approximate surface area is 117 Å². The lowest BCUT2D eigenvalue weighted by Crippen LogP contribution is -2.32. The molecule has 2 atom stereocenters. The van der Waals surface area contributed by atoms with E-state index >= 15 is 0 Å². The van der Waals surface area contributed by atoms with Gasteiger partial charge in [0.25, 0.3) is 0 Å². The molecule has 0 aliphatic carbocycles. The summed E-state index contributed by atoms with van der Waals surface area (Å²) in [6.45, 7) is 1.92. The number of imide groups is 1. The van der Waals surface area contributed by atoms with Crippen LogP contribution in [0.1, 0.15) is 11.1 Å². The summed E-state index contributed by atoms with van der Waals surface area (Å²) < 4.78 is 0. The first-order valence-corrected chi connectivity index (χ1v) is 6.63. The molecule has 0 unspecified atom stereocenters. The zero-order chi connectivity index (χ0) is 14.3. The van der Waals surface area contributed by atoms with Gasteiger partial charge < -0.3 is 0 Å². The first-order valence-electron chi connectivity index (χ1n) is 6.63. The number of carbonyl (C=O) groups is 2. The van der Waals surface area contributed by atoms with Crippen molar-refractivity contribution in [2.24, 2.45) is 11.8 Å². The molecule has 2 amide bonds. The molecule has 0 radical (unpaired) electrons. The number of hydrogen-bond donors (Lipinski definition) is 0. The Kier molecular flexibility index (Phi) is 3.03. The minimum Gasteiger partial charge on any atom is -0.297 e. The van der Waals surface area contributed by atoms with Crippen LogP contribution in [-0.4, -0.2) is 41.8 Å². The van der Waals surface area contributed by atoms with Gasteiger partial charge in [0.2, 0.25) is 11.8 Å². The SMILES string of the molecule is CN1C(=O)[C@H]2CN(Cc3cccc(C#N)c3)C[C@H]2C1=O. The molecule has 2 fully saturated rings. The van der Waals surface area contributed by atoms with E-state index in [2.05, 4.69) is 11.0 Å². The summed E-state index contributed by atoms with van der Waals surface area (Å²) >= 11 is 0. The molecular weight excluding hydrogens is 254 g/mol. The van der Waals surface area contributed by atoms with E-state index in [9.17, 15) is 9.59 Å². The van der Waals surface area contributed by atoms with E-state index in [-0.39, 0.29) is 23.7 Å². The summed E-state index contributed by atoms with van der Waals surface area (Å²) in [5.74, 6) is -0.500. The third-order valence-corrected chi connectivity index (χ3v) is 4.15. The fourth-order valence-electron chi connectivity index (χ4n) is 3.12. The number of fused-ring (bicyclic) bond motifs is 1. The van der Waals surface area contributed by atoms with Crippen molar-refractivity contribution in [1.82, 2.24) is 9.80 Å². The van der Waals surface area contributed by atoms with Crippen molar-refractivity contribution in [1.29, 1.82) is 5.26 Å². The van der Waals surface area contributed by atoms with Gasteiger partial charge in [-0.05, 0) is 17.7 Å². The zero-order valence-corrected chi connectivity index (χ0v) is 11.2. The molecule has 0 aromatic heterocycles. The minimum absolute atomic E-state index is 0.0618. The molecule has 1 aromatic carbocycles. The van der Waals surface area contributed by atoms with Crippen LogP contribution >= 0.6 is 0 Å². The maximum absolute atomic E-state index is 11.9. The zero-order valence-electron chi connectivity index (χ0n) is 11.2. The highest BCUT2D eigenvalue weighted by Gasteiger charge is 2.50. The maximum Gasteiger partial charge on any atom is 0.234 e. The molecule has 2 saturated heterocycles. The molecule has 0 spiro atoms. The third kappa shape index (κ3) is 1.98. The van der Waals surface area contributed by atoms with Crippen molar-refractivity contribution in [2.45, 2.75) is 6.54 Å².